The lowest BCUT2D eigenvalue weighted by molar-refractivity contribution is -0.121. The molecule has 3 heteroatoms. The molecule has 1 aromatic carbocycles. The molecule has 21 heavy (non-hydrogen) atoms. The molecular weight excluding hydrogens is 278 g/mol. The number of hydrogen-bond acceptors (Lipinski definition) is 2. The van der Waals surface area contributed by atoms with E-state index in [2.05, 4.69) is 54.9 Å². The Morgan fingerprint density at radius 3 is 2.33 bits per heavy atom. The highest BCUT2D eigenvalue weighted by Gasteiger charge is 2.17. The zero-order valence-corrected chi connectivity index (χ0v) is 13.7. The number of carbonyl (C=O) groups is 1. The summed E-state index contributed by atoms with van der Waals surface area (Å²) in [5.74, 6) is 0.637. The van der Waals surface area contributed by atoms with Crippen LogP contribution in [0, 0.1) is 0 Å². The minimum Gasteiger partial charge on any atom is -0.344 e. The van der Waals surface area contributed by atoms with E-state index in [0.717, 1.165) is 12.0 Å². The molecule has 0 aliphatic heterocycles. The van der Waals surface area contributed by atoms with Crippen molar-refractivity contribution in [3.05, 3.63) is 57.8 Å². The molecule has 0 saturated carbocycles. The van der Waals surface area contributed by atoms with Crippen molar-refractivity contribution in [2.24, 2.45) is 0 Å². The van der Waals surface area contributed by atoms with Gasteiger partial charge in [0.2, 0.25) is 5.91 Å². The Hall–Kier alpha value is -1.61. The zero-order chi connectivity index (χ0) is 15.2. The van der Waals surface area contributed by atoms with Crippen molar-refractivity contribution in [1.29, 1.82) is 0 Å². The van der Waals surface area contributed by atoms with Gasteiger partial charge in [0.1, 0.15) is 0 Å². The van der Waals surface area contributed by atoms with Gasteiger partial charge in [-0.05, 0) is 34.9 Å². The van der Waals surface area contributed by atoms with Crippen LogP contribution in [0.1, 0.15) is 61.6 Å². The van der Waals surface area contributed by atoms with E-state index in [1.54, 1.807) is 11.3 Å². The van der Waals surface area contributed by atoms with Gasteiger partial charge in [0.05, 0.1) is 6.04 Å². The molecule has 2 aromatic rings. The molecule has 0 fully saturated rings. The van der Waals surface area contributed by atoms with Gasteiger partial charge in [0, 0.05) is 11.3 Å². The summed E-state index contributed by atoms with van der Waals surface area (Å²) in [6.45, 7) is 6.40. The summed E-state index contributed by atoms with van der Waals surface area (Å²) in [6, 6.07) is 12.7. The van der Waals surface area contributed by atoms with E-state index >= 15 is 0 Å². The first-order chi connectivity index (χ1) is 10.1. The highest BCUT2D eigenvalue weighted by molar-refractivity contribution is 7.10. The van der Waals surface area contributed by atoms with Crippen LogP contribution < -0.4 is 5.32 Å². The maximum Gasteiger partial charge on any atom is 0.220 e. The van der Waals surface area contributed by atoms with Gasteiger partial charge in [0.25, 0.3) is 0 Å². The average molecular weight is 301 g/mol. The van der Waals surface area contributed by atoms with Crippen LogP contribution in [0.5, 0.6) is 0 Å². The number of hydrogen-bond donors (Lipinski definition) is 1. The molecular formula is C18H23NOS. The Bertz CT molecular complexity index is 557. The summed E-state index contributed by atoms with van der Waals surface area (Å²) in [5.41, 5.74) is 2.47. The first-order valence-corrected chi connectivity index (χ1v) is 8.42. The quantitative estimate of drug-likeness (QED) is 0.809. The number of amides is 1. The van der Waals surface area contributed by atoms with Crippen LogP contribution in [0.15, 0.2) is 41.8 Å². The van der Waals surface area contributed by atoms with Crippen LogP contribution in [-0.2, 0) is 4.79 Å². The van der Waals surface area contributed by atoms with Gasteiger partial charge in [-0.25, -0.2) is 0 Å². The van der Waals surface area contributed by atoms with E-state index in [9.17, 15) is 4.79 Å². The fourth-order valence-electron chi connectivity index (χ4n) is 2.31. The predicted octanol–water partition coefficient (Wildman–Crippen LogP) is 4.88. The highest BCUT2D eigenvalue weighted by atomic mass is 32.1. The van der Waals surface area contributed by atoms with Crippen molar-refractivity contribution in [3.63, 3.8) is 0 Å². The molecule has 0 saturated heterocycles. The molecule has 1 unspecified atom stereocenters. The fourth-order valence-corrected chi connectivity index (χ4v) is 3.11. The van der Waals surface area contributed by atoms with Crippen molar-refractivity contribution in [2.45, 2.75) is 45.6 Å². The Morgan fingerprint density at radius 1 is 1.14 bits per heavy atom. The van der Waals surface area contributed by atoms with E-state index < -0.39 is 0 Å². The third kappa shape index (κ3) is 4.18. The maximum atomic E-state index is 12.0. The summed E-state index contributed by atoms with van der Waals surface area (Å²) >= 11 is 1.68. The van der Waals surface area contributed by atoms with E-state index in [4.69, 9.17) is 0 Å². The molecule has 1 heterocycles. The summed E-state index contributed by atoms with van der Waals surface area (Å²) in [5, 5.41) is 5.21. The second kappa shape index (κ2) is 7.41. The predicted molar refractivity (Wildman–Crippen MR) is 89.7 cm³/mol. The van der Waals surface area contributed by atoms with Gasteiger partial charge < -0.3 is 5.32 Å². The van der Waals surface area contributed by atoms with Crippen molar-refractivity contribution < 1.29 is 4.79 Å². The first kappa shape index (κ1) is 15.8. The van der Waals surface area contributed by atoms with Gasteiger partial charge in [-0.1, -0.05) is 51.1 Å². The minimum atomic E-state index is -0.0368. The topological polar surface area (TPSA) is 29.1 Å². The second-order valence-corrected chi connectivity index (χ2v) is 6.57. The summed E-state index contributed by atoms with van der Waals surface area (Å²) in [4.78, 5) is 13.2. The Labute approximate surface area is 131 Å². The molecule has 2 nitrogen and oxygen atoms in total. The Kier molecular flexibility index (Phi) is 5.57. The van der Waals surface area contributed by atoms with Crippen molar-refractivity contribution in [2.75, 3.05) is 0 Å². The largest absolute Gasteiger partial charge is 0.344 e. The molecule has 0 aliphatic carbocycles. The highest BCUT2D eigenvalue weighted by Crippen LogP contribution is 2.27. The molecule has 0 radical (unpaired) electrons. The van der Waals surface area contributed by atoms with Crippen molar-refractivity contribution in [1.82, 2.24) is 5.32 Å². The summed E-state index contributed by atoms with van der Waals surface area (Å²) in [7, 11) is 0. The smallest absolute Gasteiger partial charge is 0.220 e. The van der Waals surface area contributed by atoms with E-state index in [1.807, 2.05) is 13.0 Å². The van der Waals surface area contributed by atoms with Crippen molar-refractivity contribution in [3.8, 4) is 0 Å². The third-order valence-electron chi connectivity index (χ3n) is 3.55. The molecule has 112 valence electrons. The molecule has 2 rings (SSSR count). The third-order valence-corrected chi connectivity index (χ3v) is 4.48. The van der Waals surface area contributed by atoms with E-state index in [0.29, 0.717) is 12.3 Å². The minimum absolute atomic E-state index is 0.0368. The maximum absolute atomic E-state index is 12.0. The van der Waals surface area contributed by atoms with Crippen LogP contribution in [-0.4, -0.2) is 5.91 Å². The lowest BCUT2D eigenvalue weighted by Crippen LogP contribution is -2.28. The molecule has 1 atom stereocenters. The molecule has 1 aromatic heterocycles. The van der Waals surface area contributed by atoms with Gasteiger partial charge in [-0.15, -0.1) is 11.3 Å². The van der Waals surface area contributed by atoms with Gasteiger partial charge >= 0.3 is 0 Å². The SMILES string of the molecule is CCCC(=O)NC(c1ccc(C(C)C)cc1)c1cccs1. The first-order valence-electron chi connectivity index (χ1n) is 7.54. The van der Waals surface area contributed by atoms with Crippen LogP contribution >= 0.6 is 11.3 Å². The molecule has 0 spiro atoms. The summed E-state index contributed by atoms with van der Waals surface area (Å²) in [6.07, 6.45) is 1.45. The standard InChI is InChI=1S/C18H23NOS/c1-4-6-17(20)19-18(16-7-5-12-21-16)15-10-8-14(9-11-15)13(2)3/h5,7-13,18H,4,6H2,1-3H3,(H,19,20). The van der Waals surface area contributed by atoms with Crippen molar-refractivity contribution >= 4 is 17.2 Å². The zero-order valence-electron chi connectivity index (χ0n) is 12.9. The summed E-state index contributed by atoms with van der Waals surface area (Å²) < 4.78 is 0. The number of carbonyl (C=O) groups excluding carboxylic acids is 1. The number of rotatable bonds is 6. The normalized spacial score (nSPS) is 12.4. The van der Waals surface area contributed by atoms with E-state index in [1.165, 1.54) is 10.4 Å². The van der Waals surface area contributed by atoms with Crippen LogP contribution in [0.4, 0.5) is 0 Å². The molecule has 1 amide bonds. The van der Waals surface area contributed by atoms with E-state index in [-0.39, 0.29) is 11.9 Å². The lowest BCUT2D eigenvalue weighted by Gasteiger charge is -2.19. The van der Waals surface area contributed by atoms with Gasteiger partial charge in [-0.3, -0.25) is 4.79 Å². The van der Waals surface area contributed by atoms with Crippen LogP contribution in [0.25, 0.3) is 0 Å². The second-order valence-electron chi connectivity index (χ2n) is 5.59. The Balaban J connectivity index is 2.24. The lowest BCUT2D eigenvalue weighted by atomic mass is 9.98. The van der Waals surface area contributed by atoms with Gasteiger partial charge in [0.15, 0.2) is 0 Å². The number of nitrogens with one attached hydrogen (secondary N) is 1. The van der Waals surface area contributed by atoms with Crippen LogP contribution in [0.3, 0.4) is 0 Å². The van der Waals surface area contributed by atoms with Crippen LogP contribution in [0.2, 0.25) is 0 Å². The number of benzene rings is 1. The van der Waals surface area contributed by atoms with Gasteiger partial charge in [-0.2, -0.15) is 0 Å². The average Bonchev–Trinajstić information content (AvgIpc) is 2.99. The molecule has 0 aliphatic rings. The fraction of sp³-hybridized carbons (Fsp3) is 0.389. The monoisotopic (exact) mass is 301 g/mol. The molecule has 0 bridgehead atoms. The Morgan fingerprint density at radius 2 is 1.81 bits per heavy atom. The molecule has 1 N–H and O–H groups in total. The number of thiophene rings is 1.